The zero-order chi connectivity index (χ0) is 18.2. The third kappa shape index (κ3) is 4.12. The normalized spacial score (nSPS) is 11.5. The van der Waals surface area contributed by atoms with Crippen molar-refractivity contribution >= 4 is 62.8 Å². The molecular formula is C15H9ClF3N3OS2. The van der Waals surface area contributed by atoms with Gasteiger partial charge in [0.05, 0.1) is 20.8 Å². The minimum absolute atomic E-state index is 0.0207. The molecule has 10 heteroatoms. The quantitative estimate of drug-likeness (QED) is 0.441. The average Bonchev–Trinajstić information content (AvgIpc) is 2.87. The first kappa shape index (κ1) is 17.7. The number of benzene rings is 2. The highest BCUT2D eigenvalue weighted by Gasteiger charge is 2.33. The smallest absolute Gasteiger partial charge is 0.337 e. The maximum Gasteiger partial charge on any atom is 0.417 e. The zero-order valence-corrected chi connectivity index (χ0v) is 14.6. The molecule has 2 aromatic carbocycles. The Bertz CT molecular complexity index is 1010. The van der Waals surface area contributed by atoms with Gasteiger partial charge in [0.15, 0.2) is 3.95 Å². The van der Waals surface area contributed by atoms with Crippen molar-refractivity contribution in [3.05, 3.63) is 50.9 Å². The number of carbonyl (C=O) groups excluding carboxylic acids is 1. The first-order chi connectivity index (χ1) is 11.7. The van der Waals surface area contributed by atoms with Crippen molar-refractivity contribution in [3.8, 4) is 0 Å². The second kappa shape index (κ2) is 6.66. The predicted octanol–water partition coefficient (Wildman–Crippen LogP) is 6.28. The third-order valence-corrected chi connectivity index (χ3v) is 4.74. The van der Waals surface area contributed by atoms with Crippen molar-refractivity contribution in [2.75, 3.05) is 10.6 Å². The number of nitrogens with one attached hydrogen (secondary N) is 3. The van der Waals surface area contributed by atoms with Gasteiger partial charge in [-0.25, -0.2) is 4.79 Å². The number of halogens is 4. The van der Waals surface area contributed by atoms with Gasteiger partial charge in [0.1, 0.15) is 0 Å². The molecule has 0 saturated carbocycles. The van der Waals surface area contributed by atoms with Gasteiger partial charge in [-0.3, -0.25) is 0 Å². The predicted molar refractivity (Wildman–Crippen MR) is 96.1 cm³/mol. The van der Waals surface area contributed by atoms with Gasteiger partial charge in [-0.05, 0) is 48.6 Å². The van der Waals surface area contributed by atoms with E-state index in [2.05, 4.69) is 15.6 Å². The Morgan fingerprint density at radius 3 is 2.44 bits per heavy atom. The Morgan fingerprint density at radius 2 is 1.76 bits per heavy atom. The lowest BCUT2D eigenvalue weighted by atomic mass is 10.2. The number of urea groups is 1. The first-order valence-corrected chi connectivity index (χ1v) is 8.40. The number of thiazole rings is 1. The molecule has 25 heavy (non-hydrogen) atoms. The summed E-state index contributed by atoms with van der Waals surface area (Å²) in [4.78, 5) is 15.0. The van der Waals surface area contributed by atoms with Gasteiger partial charge in [0.2, 0.25) is 0 Å². The van der Waals surface area contributed by atoms with E-state index in [-0.39, 0.29) is 5.69 Å². The largest absolute Gasteiger partial charge is 0.417 e. The number of aromatic amines is 1. The molecule has 0 radical (unpaired) electrons. The minimum Gasteiger partial charge on any atom is -0.337 e. The van der Waals surface area contributed by atoms with E-state index in [1.54, 1.807) is 18.2 Å². The topological polar surface area (TPSA) is 56.9 Å². The fraction of sp³-hybridized carbons (Fsp3) is 0.0667. The summed E-state index contributed by atoms with van der Waals surface area (Å²) in [5.41, 5.74) is 0.293. The fourth-order valence-electron chi connectivity index (χ4n) is 2.14. The van der Waals surface area contributed by atoms with Gasteiger partial charge in [-0.2, -0.15) is 13.2 Å². The van der Waals surface area contributed by atoms with Crippen LogP contribution in [0.1, 0.15) is 5.56 Å². The molecule has 0 fully saturated rings. The van der Waals surface area contributed by atoms with Crippen LogP contribution in [0.3, 0.4) is 0 Å². The van der Waals surface area contributed by atoms with Crippen LogP contribution in [0.4, 0.5) is 29.3 Å². The molecule has 3 N–H and O–H groups in total. The number of carbonyl (C=O) groups is 1. The van der Waals surface area contributed by atoms with Crippen LogP contribution in [-0.2, 0) is 6.18 Å². The molecule has 0 aliphatic rings. The fourth-order valence-corrected chi connectivity index (χ4v) is 3.52. The number of amides is 2. The summed E-state index contributed by atoms with van der Waals surface area (Å²) >= 11 is 11.9. The van der Waals surface area contributed by atoms with Crippen LogP contribution in [0.15, 0.2) is 36.4 Å². The Hall–Kier alpha value is -2.10. The summed E-state index contributed by atoms with van der Waals surface area (Å²) in [5, 5.41) is 4.48. The molecule has 130 valence electrons. The van der Waals surface area contributed by atoms with Crippen molar-refractivity contribution in [1.29, 1.82) is 0 Å². The molecule has 4 nitrogen and oxygen atoms in total. The molecule has 0 spiro atoms. The molecule has 0 saturated heterocycles. The van der Waals surface area contributed by atoms with Crippen LogP contribution in [0.2, 0.25) is 5.02 Å². The van der Waals surface area contributed by atoms with Crippen LogP contribution < -0.4 is 10.6 Å². The van der Waals surface area contributed by atoms with E-state index in [4.69, 9.17) is 23.8 Å². The molecule has 1 heterocycles. The van der Waals surface area contributed by atoms with Crippen molar-refractivity contribution < 1.29 is 18.0 Å². The summed E-state index contributed by atoms with van der Waals surface area (Å²) in [7, 11) is 0. The van der Waals surface area contributed by atoms with Crippen molar-refractivity contribution in [3.63, 3.8) is 0 Å². The number of aromatic nitrogens is 1. The zero-order valence-electron chi connectivity index (χ0n) is 12.2. The number of hydrogen-bond donors (Lipinski definition) is 3. The van der Waals surface area contributed by atoms with E-state index in [0.717, 1.165) is 22.3 Å². The van der Waals surface area contributed by atoms with Crippen LogP contribution >= 0.6 is 35.2 Å². The summed E-state index contributed by atoms with van der Waals surface area (Å²) in [6.07, 6.45) is -4.60. The molecule has 3 rings (SSSR count). The van der Waals surface area contributed by atoms with Crippen LogP contribution in [0.5, 0.6) is 0 Å². The Balaban J connectivity index is 1.76. The van der Waals surface area contributed by atoms with Crippen molar-refractivity contribution in [2.45, 2.75) is 6.18 Å². The van der Waals surface area contributed by atoms with E-state index in [1.165, 1.54) is 17.4 Å². The van der Waals surface area contributed by atoms with Crippen LogP contribution in [-0.4, -0.2) is 11.0 Å². The Labute approximate surface area is 153 Å². The molecule has 0 bridgehead atoms. The lowest BCUT2D eigenvalue weighted by molar-refractivity contribution is -0.137. The van der Waals surface area contributed by atoms with Crippen LogP contribution in [0, 0.1) is 3.95 Å². The number of alkyl halides is 3. The highest BCUT2D eigenvalue weighted by molar-refractivity contribution is 7.73. The summed E-state index contributed by atoms with van der Waals surface area (Å²) < 4.78 is 40.0. The lowest BCUT2D eigenvalue weighted by Gasteiger charge is -2.12. The third-order valence-electron chi connectivity index (χ3n) is 3.21. The van der Waals surface area contributed by atoms with E-state index >= 15 is 0 Å². The number of H-pyrrole nitrogens is 1. The Kier molecular flexibility index (Phi) is 4.72. The van der Waals surface area contributed by atoms with Gasteiger partial charge < -0.3 is 15.6 Å². The summed E-state index contributed by atoms with van der Waals surface area (Å²) in [5.74, 6) is 0. The summed E-state index contributed by atoms with van der Waals surface area (Å²) in [6, 6.07) is 7.60. The highest BCUT2D eigenvalue weighted by Crippen LogP contribution is 2.36. The monoisotopic (exact) mass is 403 g/mol. The van der Waals surface area contributed by atoms with Gasteiger partial charge in [-0.15, -0.1) is 11.3 Å². The van der Waals surface area contributed by atoms with Gasteiger partial charge >= 0.3 is 12.2 Å². The molecule has 0 aliphatic carbocycles. The van der Waals surface area contributed by atoms with Gasteiger partial charge in [-0.1, -0.05) is 11.6 Å². The number of rotatable bonds is 2. The number of hydrogen-bond acceptors (Lipinski definition) is 3. The maximum atomic E-state index is 12.8. The van der Waals surface area contributed by atoms with Gasteiger partial charge in [0, 0.05) is 11.4 Å². The van der Waals surface area contributed by atoms with E-state index < -0.39 is 22.8 Å². The summed E-state index contributed by atoms with van der Waals surface area (Å²) in [6.45, 7) is 0. The van der Waals surface area contributed by atoms with Crippen LogP contribution in [0.25, 0.3) is 10.2 Å². The second-order valence-electron chi connectivity index (χ2n) is 5.00. The Morgan fingerprint density at radius 1 is 1.12 bits per heavy atom. The van der Waals surface area contributed by atoms with Crippen molar-refractivity contribution in [2.24, 2.45) is 0 Å². The number of anilines is 2. The number of fused-ring (bicyclic) bond motifs is 1. The molecule has 1 aromatic heterocycles. The van der Waals surface area contributed by atoms with E-state index in [9.17, 15) is 18.0 Å². The highest BCUT2D eigenvalue weighted by atomic mass is 35.5. The average molecular weight is 404 g/mol. The first-order valence-electron chi connectivity index (χ1n) is 6.80. The SMILES string of the molecule is O=C(Nc1ccc(Cl)c(C(F)(F)F)c1)Nc1ccc2[nH]c(=S)sc2c1. The van der Waals surface area contributed by atoms with Crippen molar-refractivity contribution in [1.82, 2.24) is 4.98 Å². The molecule has 2 amide bonds. The molecular weight excluding hydrogens is 395 g/mol. The van der Waals surface area contributed by atoms with E-state index in [0.29, 0.717) is 9.64 Å². The molecule has 0 aliphatic heterocycles. The lowest BCUT2D eigenvalue weighted by Crippen LogP contribution is -2.19. The second-order valence-corrected chi connectivity index (χ2v) is 7.12. The molecule has 3 aromatic rings. The van der Waals surface area contributed by atoms with Gasteiger partial charge in [0.25, 0.3) is 0 Å². The standard InChI is InChI=1S/C15H9ClF3N3OS2/c16-10-3-1-7(5-9(10)15(17,18)19)20-13(23)21-8-2-4-11-12(6-8)25-14(24)22-11/h1-6H,(H,22,24)(H2,20,21,23). The van der Waals surface area contributed by atoms with E-state index in [1.807, 2.05) is 0 Å². The molecule has 0 atom stereocenters. The minimum atomic E-state index is -4.60. The maximum absolute atomic E-state index is 12.8. The molecule has 0 unspecified atom stereocenters.